The van der Waals surface area contributed by atoms with Crippen LogP contribution in [0.1, 0.15) is 45.1 Å². The average Bonchev–Trinajstić information content (AvgIpc) is 2.95. The zero-order valence-electron chi connectivity index (χ0n) is 18.1. The van der Waals surface area contributed by atoms with Gasteiger partial charge in [-0.15, -0.1) is 0 Å². The largest absolute Gasteiger partial charge is 0.372 e. The van der Waals surface area contributed by atoms with E-state index in [0.717, 1.165) is 72.9 Å². The van der Waals surface area contributed by atoms with Crippen LogP contribution in [0, 0.1) is 0 Å². The van der Waals surface area contributed by atoms with Gasteiger partial charge in [0.25, 0.3) is 11.8 Å². The van der Waals surface area contributed by atoms with Crippen LogP contribution in [0.15, 0.2) is 29.2 Å². The summed E-state index contributed by atoms with van der Waals surface area (Å²) >= 11 is 6.30. The number of carbonyl (C=O) groups excluding carboxylic acids is 2. The third-order valence-electron chi connectivity index (χ3n) is 4.59. The molecule has 0 aliphatic carbocycles. The van der Waals surface area contributed by atoms with Gasteiger partial charge < -0.3 is 4.90 Å². The Bertz CT molecular complexity index is 935. The summed E-state index contributed by atoms with van der Waals surface area (Å²) in [5.41, 5.74) is 2.01. The lowest BCUT2D eigenvalue weighted by Crippen LogP contribution is -2.41. The molecule has 1 aliphatic rings. The van der Waals surface area contributed by atoms with Gasteiger partial charge in [-0.3, -0.25) is 19.2 Å². The van der Waals surface area contributed by atoms with Crippen molar-refractivity contribution in [3.8, 4) is 0 Å². The number of amides is 2. The second-order valence-corrected chi connectivity index (χ2v) is 10.8. The number of nitrogens with one attached hydrogen (secondary N) is 1. The standard InChI is InChI=1S/C21H29N3O4S3/c1-4-6-12-23(13-7-5-2)17-10-8-16(9-11-17)14-18-20(26)24(21(29)30-18)15-19(25)22-31(3,27)28/h8-11,14H,4-7,12-13,15H2,1-3H3,(H,22,25)/b18-14-. The lowest BCUT2D eigenvalue weighted by atomic mass is 10.1. The molecule has 1 saturated heterocycles. The highest BCUT2D eigenvalue weighted by atomic mass is 32.2. The Hall–Kier alpha value is -1.91. The van der Waals surface area contributed by atoms with E-state index >= 15 is 0 Å². The smallest absolute Gasteiger partial charge is 0.266 e. The SMILES string of the molecule is CCCCN(CCCC)c1ccc(/C=C2\SC(=S)N(CC(=O)NS(C)(=O)=O)C2=O)cc1. The van der Waals surface area contributed by atoms with Crippen molar-refractivity contribution in [2.75, 3.05) is 30.8 Å². The van der Waals surface area contributed by atoms with Gasteiger partial charge in [-0.25, -0.2) is 8.42 Å². The Morgan fingerprint density at radius 3 is 2.26 bits per heavy atom. The minimum atomic E-state index is -3.69. The molecule has 1 aromatic rings. The molecule has 7 nitrogen and oxygen atoms in total. The third kappa shape index (κ3) is 7.93. The van der Waals surface area contributed by atoms with E-state index in [2.05, 4.69) is 30.9 Å². The number of hydrogen-bond acceptors (Lipinski definition) is 7. The van der Waals surface area contributed by atoms with Gasteiger partial charge in [-0.2, -0.15) is 0 Å². The molecule has 0 atom stereocenters. The van der Waals surface area contributed by atoms with Gasteiger partial charge in [0.1, 0.15) is 10.9 Å². The van der Waals surface area contributed by atoms with Crippen LogP contribution in [0.25, 0.3) is 6.08 Å². The first-order chi connectivity index (χ1) is 14.6. The fraction of sp³-hybridized carbons (Fsp3) is 0.476. The lowest BCUT2D eigenvalue weighted by Gasteiger charge is -2.24. The topological polar surface area (TPSA) is 86.8 Å². The third-order valence-corrected chi connectivity index (χ3v) is 6.57. The van der Waals surface area contributed by atoms with E-state index < -0.39 is 28.4 Å². The van der Waals surface area contributed by atoms with E-state index in [1.165, 1.54) is 0 Å². The van der Waals surface area contributed by atoms with Crippen molar-refractivity contribution >= 4 is 61.9 Å². The van der Waals surface area contributed by atoms with Crippen LogP contribution in [-0.4, -0.2) is 55.3 Å². The van der Waals surface area contributed by atoms with Crippen molar-refractivity contribution in [2.24, 2.45) is 0 Å². The molecule has 1 N–H and O–H groups in total. The average molecular weight is 484 g/mol. The Kier molecular flexibility index (Phi) is 9.52. The second kappa shape index (κ2) is 11.6. The molecular weight excluding hydrogens is 454 g/mol. The van der Waals surface area contributed by atoms with Crippen LogP contribution in [0.5, 0.6) is 0 Å². The molecule has 2 rings (SSSR count). The number of unbranched alkanes of at least 4 members (excludes halogenated alkanes) is 2. The lowest BCUT2D eigenvalue weighted by molar-refractivity contribution is -0.127. The van der Waals surface area contributed by atoms with Crippen LogP contribution in [0.4, 0.5) is 5.69 Å². The quantitative estimate of drug-likeness (QED) is 0.381. The molecule has 1 aliphatic heterocycles. The highest BCUT2D eigenvalue weighted by molar-refractivity contribution is 8.26. The number of sulfonamides is 1. The van der Waals surface area contributed by atoms with Gasteiger partial charge in [0.2, 0.25) is 10.0 Å². The number of rotatable bonds is 11. The summed E-state index contributed by atoms with van der Waals surface area (Å²) in [5.74, 6) is -1.21. The number of nitrogens with zero attached hydrogens (tertiary/aromatic N) is 2. The van der Waals surface area contributed by atoms with E-state index in [0.29, 0.717) is 4.91 Å². The van der Waals surface area contributed by atoms with E-state index in [1.807, 2.05) is 16.9 Å². The minimum Gasteiger partial charge on any atom is -0.372 e. The molecule has 1 fully saturated rings. The molecule has 1 aromatic carbocycles. The van der Waals surface area contributed by atoms with Gasteiger partial charge in [-0.1, -0.05) is 62.8 Å². The van der Waals surface area contributed by atoms with Gasteiger partial charge >= 0.3 is 0 Å². The summed E-state index contributed by atoms with van der Waals surface area (Å²) in [7, 11) is -3.69. The molecule has 1 heterocycles. The number of anilines is 1. The highest BCUT2D eigenvalue weighted by Crippen LogP contribution is 2.32. The molecular formula is C21H29N3O4S3. The zero-order valence-corrected chi connectivity index (χ0v) is 20.5. The number of benzene rings is 1. The first-order valence-electron chi connectivity index (χ1n) is 10.3. The van der Waals surface area contributed by atoms with Crippen molar-refractivity contribution in [3.63, 3.8) is 0 Å². The Morgan fingerprint density at radius 2 is 1.74 bits per heavy atom. The molecule has 2 amide bonds. The van der Waals surface area contributed by atoms with Crippen LogP contribution in [0.2, 0.25) is 0 Å². The van der Waals surface area contributed by atoms with Crippen molar-refractivity contribution in [2.45, 2.75) is 39.5 Å². The molecule has 0 saturated carbocycles. The molecule has 0 bridgehead atoms. The summed E-state index contributed by atoms with van der Waals surface area (Å²) in [6, 6.07) is 8.03. The number of thioether (sulfide) groups is 1. The molecule has 170 valence electrons. The monoisotopic (exact) mass is 483 g/mol. The Labute approximate surface area is 194 Å². The molecule has 10 heteroatoms. The predicted octanol–water partition coefficient (Wildman–Crippen LogP) is 3.37. The molecule has 0 radical (unpaired) electrons. The first-order valence-corrected chi connectivity index (χ1v) is 13.4. The summed E-state index contributed by atoms with van der Waals surface area (Å²) < 4.78 is 24.4. The van der Waals surface area contributed by atoms with Crippen LogP contribution < -0.4 is 9.62 Å². The van der Waals surface area contributed by atoms with Crippen LogP contribution in [0.3, 0.4) is 0 Å². The first kappa shape index (κ1) is 25.4. The summed E-state index contributed by atoms with van der Waals surface area (Å²) in [6.45, 7) is 5.97. The summed E-state index contributed by atoms with van der Waals surface area (Å²) in [6.07, 6.45) is 7.18. The zero-order chi connectivity index (χ0) is 23.0. The maximum atomic E-state index is 12.6. The van der Waals surface area contributed by atoms with E-state index in [-0.39, 0.29) is 4.32 Å². The molecule has 31 heavy (non-hydrogen) atoms. The Morgan fingerprint density at radius 1 is 1.16 bits per heavy atom. The summed E-state index contributed by atoms with van der Waals surface area (Å²) in [4.78, 5) is 28.4. The van der Waals surface area contributed by atoms with Crippen molar-refractivity contribution in [3.05, 3.63) is 34.7 Å². The van der Waals surface area contributed by atoms with Gasteiger partial charge in [0.05, 0.1) is 11.2 Å². The van der Waals surface area contributed by atoms with Crippen LogP contribution >= 0.6 is 24.0 Å². The molecule has 0 unspecified atom stereocenters. The Balaban J connectivity index is 2.10. The molecule has 0 spiro atoms. The van der Waals surface area contributed by atoms with Crippen molar-refractivity contribution < 1.29 is 18.0 Å². The normalized spacial score (nSPS) is 15.6. The van der Waals surface area contributed by atoms with Crippen LogP contribution in [-0.2, 0) is 19.6 Å². The van der Waals surface area contributed by atoms with E-state index in [9.17, 15) is 18.0 Å². The minimum absolute atomic E-state index is 0.224. The molecule has 0 aromatic heterocycles. The van der Waals surface area contributed by atoms with Gasteiger partial charge in [0.15, 0.2) is 0 Å². The highest BCUT2D eigenvalue weighted by Gasteiger charge is 2.33. The van der Waals surface area contributed by atoms with E-state index in [1.54, 1.807) is 6.08 Å². The fourth-order valence-electron chi connectivity index (χ4n) is 3.02. The van der Waals surface area contributed by atoms with Crippen molar-refractivity contribution in [1.82, 2.24) is 9.62 Å². The van der Waals surface area contributed by atoms with Gasteiger partial charge in [0, 0.05) is 18.8 Å². The number of thiocarbonyl (C=S) groups is 1. The summed E-state index contributed by atoms with van der Waals surface area (Å²) in [5, 5.41) is 0. The predicted molar refractivity (Wildman–Crippen MR) is 131 cm³/mol. The van der Waals surface area contributed by atoms with Gasteiger partial charge in [-0.05, 0) is 36.6 Å². The number of carbonyl (C=O) groups is 2. The fourth-order valence-corrected chi connectivity index (χ4v) is 4.75. The maximum absolute atomic E-state index is 12.6. The van der Waals surface area contributed by atoms with Crippen molar-refractivity contribution in [1.29, 1.82) is 0 Å². The maximum Gasteiger partial charge on any atom is 0.266 e. The second-order valence-electron chi connectivity index (χ2n) is 7.35. The van der Waals surface area contributed by atoms with E-state index in [4.69, 9.17) is 12.2 Å². The number of hydrogen-bond donors (Lipinski definition) is 1.